The monoisotopic (exact) mass is 403 g/mol. The lowest BCUT2D eigenvalue weighted by atomic mass is 10.2. The van der Waals surface area contributed by atoms with Gasteiger partial charge in [-0.25, -0.2) is 4.39 Å². The smallest absolute Gasteiger partial charge is 0.267 e. The Balaban J connectivity index is 1.66. The van der Waals surface area contributed by atoms with Gasteiger partial charge >= 0.3 is 0 Å². The fraction of sp³-hybridized carbons (Fsp3) is 0.0435. The van der Waals surface area contributed by atoms with Gasteiger partial charge in [-0.3, -0.25) is 4.79 Å². The molecule has 29 heavy (non-hydrogen) atoms. The van der Waals surface area contributed by atoms with E-state index in [1.54, 1.807) is 18.2 Å². The van der Waals surface area contributed by atoms with Gasteiger partial charge in [0.05, 0.1) is 5.69 Å². The molecule has 3 rings (SSSR count). The van der Waals surface area contributed by atoms with Crippen molar-refractivity contribution in [3.05, 3.63) is 102 Å². The summed E-state index contributed by atoms with van der Waals surface area (Å²) >= 11 is 1.53. The standard InChI is InChI=1S/C23H18FN3OS/c24-19-12-10-17(11-13-19)15-26-16-18(14-25)23(28)27-21-8-4-5-9-22(21)29-20-6-2-1-3-7-20/h1-13,16,26H,15H2,(H,27,28)/b18-16-. The molecule has 0 heterocycles. The summed E-state index contributed by atoms with van der Waals surface area (Å²) in [6, 6.07) is 25.2. The number of rotatable bonds is 7. The summed E-state index contributed by atoms with van der Waals surface area (Å²) in [4.78, 5) is 14.5. The second-order valence-electron chi connectivity index (χ2n) is 6.04. The molecule has 144 valence electrons. The first kappa shape index (κ1) is 20.2. The molecule has 0 radical (unpaired) electrons. The van der Waals surface area contributed by atoms with Gasteiger partial charge in [-0.15, -0.1) is 0 Å². The van der Waals surface area contributed by atoms with Gasteiger partial charge in [0.2, 0.25) is 0 Å². The molecule has 3 aromatic rings. The highest BCUT2D eigenvalue weighted by Crippen LogP contribution is 2.33. The minimum Gasteiger partial charge on any atom is -0.386 e. The van der Waals surface area contributed by atoms with Crippen LogP contribution in [-0.2, 0) is 11.3 Å². The number of para-hydroxylation sites is 1. The number of benzene rings is 3. The molecule has 0 atom stereocenters. The highest BCUT2D eigenvalue weighted by Gasteiger charge is 2.12. The van der Waals surface area contributed by atoms with Crippen molar-refractivity contribution in [1.82, 2.24) is 5.32 Å². The SMILES string of the molecule is N#C/C(=C/NCc1ccc(F)cc1)C(=O)Nc1ccccc1Sc1ccccc1. The molecule has 1 amide bonds. The molecule has 0 saturated heterocycles. The van der Waals surface area contributed by atoms with Crippen LogP contribution in [0.3, 0.4) is 0 Å². The zero-order chi connectivity index (χ0) is 20.5. The number of hydrogen-bond donors (Lipinski definition) is 2. The Kier molecular flexibility index (Phi) is 7.04. The molecule has 2 N–H and O–H groups in total. The number of nitriles is 1. The zero-order valence-electron chi connectivity index (χ0n) is 15.4. The van der Waals surface area contributed by atoms with Crippen LogP contribution in [0.5, 0.6) is 0 Å². The highest BCUT2D eigenvalue weighted by molar-refractivity contribution is 7.99. The zero-order valence-corrected chi connectivity index (χ0v) is 16.2. The van der Waals surface area contributed by atoms with Crippen LogP contribution in [0.1, 0.15) is 5.56 Å². The molecule has 6 heteroatoms. The van der Waals surface area contributed by atoms with E-state index in [2.05, 4.69) is 10.6 Å². The van der Waals surface area contributed by atoms with Crippen molar-refractivity contribution < 1.29 is 9.18 Å². The number of amides is 1. The maximum absolute atomic E-state index is 12.9. The van der Waals surface area contributed by atoms with Gasteiger partial charge in [-0.05, 0) is 42.0 Å². The lowest BCUT2D eigenvalue weighted by Crippen LogP contribution is -2.17. The summed E-state index contributed by atoms with van der Waals surface area (Å²) in [5, 5.41) is 15.1. The maximum atomic E-state index is 12.9. The largest absolute Gasteiger partial charge is 0.386 e. The van der Waals surface area contributed by atoms with Crippen LogP contribution >= 0.6 is 11.8 Å². The lowest BCUT2D eigenvalue weighted by Gasteiger charge is -2.10. The Morgan fingerprint density at radius 2 is 1.69 bits per heavy atom. The van der Waals surface area contributed by atoms with Gasteiger partial charge < -0.3 is 10.6 Å². The number of nitrogens with one attached hydrogen (secondary N) is 2. The van der Waals surface area contributed by atoms with Crippen LogP contribution in [-0.4, -0.2) is 5.91 Å². The van der Waals surface area contributed by atoms with Crippen molar-refractivity contribution >= 4 is 23.4 Å². The van der Waals surface area contributed by atoms with Gasteiger partial charge in [-0.1, -0.05) is 54.2 Å². The molecule has 0 unspecified atom stereocenters. The van der Waals surface area contributed by atoms with Crippen molar-refractivity contribution in [3.8, 4) is 6.07 Å². The third kappa shape index (κ3) is 5.96. The van der Waals surface area contributed by atoms with Gasteiger partial charge in [0.1, 0.15) is 17.5 Å². The first-order valence-corrected chi connectivity index (χ1v) is 9.69. The highest BCUT2D eigenvalue weighted by atomic mass is 32.2. The minimum absolute atomic E-state index is 0.0494. The van der Waals surface area contributed by atoms with E-state index in [-0.39, 0.29) is 11.4 Å². The Hall–Kier alpha value is -3.56. The number of carbonyl (C=O) groups is 1. The first-order valence-electron chi connectivity index (χ1n) is 8.87. The fourth-order valence-corrected chi connectivity index (χ4v) is 3.41. The lowest BCUT2D eigenvalue weighted by molar-refractivity contribution is -0.112. The summed E-state index contributed by atoms with van der Waals surface area (Å²) in [5.74, 6) is -0.811. The molecule has 3 aromatic carbocycles. The molecule has 0 aliphatic heterocycles. The van der Waals surface area contributed by atoms with E-state index in [4.69, 9.17) is 0 Å². The Morgan fingerprint density at radius 3 is 2.41 bits per heavy atom. The number of nitrogens with zero attached hydrogens (tertiary/aromatic N) is 1. The summed E-state index contributed by atoms with van der Waals surface area (Å²) in [6.45, 7) is 0.374. The van der Waals surface area contributed by atoms with Crippen molar-refractivity contribution in [1.29, 1.82) is 5.26 Å². The normalized spacial score (nSPS) is 10.8. The van der Waals surface area contributed by atoms with Crippen molar-refractivity contribution in [2.24, 2.45) is 0 Å². The van der Waals surface area contributed by atoms with Crippen LogP contribution in [0.2, 0.25) is 0 Å². The summed E-state index contributed by atoms with van der Waals surface area (Å²) in [5.41, 5.74) is 1.42. The van der Waals surface area contributed by atoms with Gasteiger partial charge in [-0.2, -0.15) is 5.26 Å². The molecule has 0 saturated carbocycles. The molecule has 4 nitrogen and oxygen atoms in total. The predicted molar refractivity (Wildman–Crippen MR) is 113 cm³/mol. The molecular formula is C23H18FN3OS. The van der Waals surface area contributed by atoms with Crippen LogP contribution in [0.25, 0.3) is 0 Å². The molecule has 0 spiro atoms. The summed E-state index contributed by atoms with van der Waals surface area (Å²) < 4.78 is 12.9. The van der Waals surface area contributed by atoms with E-state index in [0.717, 1.165) is 15.4 Å². The quantitative estimate of drug-likeness (QED) is 0.425. The number of halogens is 1. The average molecular weight is 403 g/mol. The Bertz CT molecular complexity index is 1040. The van der Waals surface area contributed by atoms with Crippen molar-refractivity contribution in [3.63, 3.8) is 0 Å². The van der Waals surface area contributed by atoms with E-state index < -0.39 is 5.91 Å². The van der Waals surface area contributed by atoms with Gasteiger partial charge in [0.25, 0.3) is 5.91 Å². The van der Waals surface area contributed by atoms with Gasteiger partial charge in [0, 0.05) is 22.5 Å². The van der Waals surface area contributed by atoms with E-state index in [1.165, 1.54) is 30.1 Å². The van der Waals surface area contributed by atoms with E-state index in [9.17, 15) is 14.4 Å². The molecule has 0 bridgehead atoms. The first-order chi connectivity index (χ1) is 14.2. The van der Waals surface area contributed by atoms with E-state index in [1.807, 2.05) is 54.6 Å². The molecular weight excluding hydrogens is 385 g/mol. The third-order valence-electron chi connectivity index (χ3n) is 3.94. The number of carbonyl (C=O) groups excluding carboxylic acids is 1. The van der Waals surface area contributed by atoms with Crippen LogP contribution in [0.4, 0.5) is 10.1 Å². The van der Waals surface area contributed by atoms with Crippen molar-refractivity contribution in [2.75, 3.05) is 5.32 Å². The fourth-order valence-electron chi connectivity index (χ4n) is 2.49. The van der Waals surface area contributed by atoms with Crippen LogP contribution < -0.4 is 10.6 Å². The van der Waals surface area contributed by atoms with Gasteiger partial charge in [0.15, 0.2) is 0 Å². The molecule has 0 aromatic heterocycles. The number of hydrogen-bond acceptors (Lipinski definition) is 4. The predicted octanol–water partition coefficient (Wildman–Crippen LogP) is 5.11. The van der Waals surface area contributed by atoms with Crippen LogP contribution in [0, 0.1) is 17.1 Å². The van der Waals surface area contributed by atoms with E-state index >= 15 is 0 Å². The van der Waals surface area contributed by atoms with E-state index in [0.29, 0.717) is 12.2 Å². The molecule has 0 aliphatic carbocycles. The topological polar surface area (TPSA) is 64.9 Å². The Labute approximate surface area is 173 Å². The summed E-state index contributed by atoms with van der Waals surface area (Å²) in [6.07, 6.45) is 1.37. The Morgan fingerprint density at radius 1 is 1.00 bits per heavy atom. The van der Waals surface area contributed by atoms with Crippen LogP contribution in [0.15, 0.2) is 100 Å². The molecule has 0 fully saturated rings. The minimum atomic E-state index is -0.500. The second-order valence-corrected chi connectivity index (χ2v) is 7.16. The molecule has 0 aliphatic rings. The maximum Gasteiger partial charge on any atom is 0.267 e. The second kappa shape index (κ2) is 10.1. The summed E-state index contributed by atoms with van der Waals surface area (Å²) in [7, 11) is 0. The third-order valence-corrected chi connectivity index (χ3v) is 5.02. The number of anilines is 1. The average Bonchev–Trinajstić information content (AvgIpc) is 2.74. The van der Waals surface area contributed by atoms with Crippen molar-refractivity contribution in [2.45, 2.75) is 16.3 Å².